The van der Waals surface area contributed by atoms with E-state index in [-0.39, 0.29) is 0 Å². The van der Waals surface area contributed by atoms with Gasteiger partial charge < -0.3 is 10.1 Å². The van der Waals surface area contributed by atoms with Gasteiger partial charge in [-0.15, -0.1) is 0 Å². The molecule has 0 aromatic carbocycles. The number of methoxy groups -OCH3 is 1. The van der Waals surface area contributed by atoms with Crippen LogP contribution in [0.25, 0.3) is 0 Å². The molecule has 18 heavy (non-hydrogen) atoms. The molecule has 1 saturated carbocycles. The van der Waals surface area contributed by atoms with Crippen molar-refractivity contribution in [1.29, 1.82) is 0 Å². The highest BCUT2D eigenvalue weighted by molar-refractivity contribution is 5.07. The summed E-state index contributed by atoms with van der Waals surface area (Å²) in [5.74, 6) is 0.911. The summed E-state index contributed by atoms with van der Waals surface area (Å²) in [7, 11) is 1.80. The standard InChI is InChI=1S/C15H30N2O/c1-5-14(2)12-17(9-6-10-18-4)15(3,11-16-14)13-7-8-13/h13,16H,5-12H2,1-4H3. The van der Waals surface area contributed by atoms with Crippen molar-refractivity contribution in [3.05, 3.63) is 0 Å². The smallest absolute Gasteiger partial charge is 0.0474 e. The minimum absolute atomic E-state index is 0.293. The Hall–Kier alpha value is -0.120. The van der Waals surface area contributed by atoms with Crippen LogP contribution in [0.2, 0.25) is 0 Å². The summed E-state index contributed by atoms with van der Waals surface area (Å²) in [5, 5.41) is 3.80. The van der Waals surface area contributed by atoms with Crippen LogP contribution in [0.4, 0.5) is 0 Å². The minimum Gasteiger partial charge on any atom is -0.385 e. The first kappa shape index (κ1) is 14.3. The molecular formula is C15H30N2O. The fourth-order valence-corrected chi connectivity index (χ4v) is 3.24. The molecule has 0 spiro atoms. The van der Waals surface area contributed by atoms with Gasteiger partial charge in [-0.1, -0.05) is 6.92 Å². The molecule has 3 heteroatoms. The van der Waals surface area contributed by atoms with Gasteiger partial charge in [0.05, 0.1) is 0 Å². The van der Waals surface area contributed by atoms with Crippen LogP contribution in [0.15, 0.2) is 0 Å². The van der Waals surface area contributed by atoms with Crippen molar-refractivity contribution in [3.63, 3.8) is 0 Å². The van der Waals surface area contributed by atoms with Crippen LogP contribution < -0.4 is 5.32 Å². The topological polar surface area (TPSA) is 24.5 Å². The van der Waals surface area contributed by atoms with Crippen molar-refractivity contribution in [2.75, 3.05) is 33.4 Å². The van der Waals surface area contributed by atoms with Gasteiger partial charge in [-0.05, 0) is 45.4 Å². The Morgan fingerprint density at radius 2 is 2.06 bits per heavy atom. The molecule has 0 aromatic rings. The fourth-order valence-electron chi connectivity index (χ4n) is 3.24. The molecule has 1 saturated heterocycles. The summed E-state index contributed by atoms with van der Waals surface area (Å²) in [4.78, 5) is 2.74. The summed E-state index contributed by atoms with van der Waals surface area (Å²) in [6.07, 6.45) is 5.19. The molecule has 1 heterocycles. The van der Waals surface area contributed by atoms with E-state index in [4.69, 9.17) is 4.74 Å². The Balaban J connectivity index is 2.01. The minimum atomic E-state index is 0.293. The maximum absolute atomic E-state index is 5.21. The lowest BCUT2D eigenvalue weighted by atomic mass is 9.84. The van der Waals surface area contributed by atoms with Crippen LogP contribution in [-0.2, 0) is 4.74 Å². The average Bonchev–Trinajstić information content (AvgIpc) is 3.19. The predicted octanol–water partition coefficient (Wildman–Crippen LogP) is 2.27. The second-order valence-corrected chi connectivity index (χ2v) is 6.67. The van der Waals surface area contributed by atoms with E-state index in [0.717, 1.165) is 25.5 Å². The molecule has 1 aliphatic heterocycles. The Morgan fingerprint density at radius 1 is 1.33 bits per heavy atom. The largest absolute Gasteiger partial charge is 0.385 e. The lowest BCUT2D eigenvalue weighted by Gasteiger charge is -2.53. The van der Waals surface area contributed by atoms with Crippen molar-refractivity contribution in [2.24, 2.45) is 5.92 Å². The summed E-state index contributed by atoms with van der Waals surface area (Å²) < 4.78 is 5.21. The lowest BCUT2D eigenvalue weighted by molar-refractivity contribution is 0.000239. The Morgan fingerprint density at radius 3 is 2.61 bits per heavy atom. The Bertz CT molecular complexity index is 280. The van der Waals surface area contributed by atoms with Crippen LogP contribution in [0.1, 0.15) is 46.5 Å². The van der Waals surface area contributed by atoms with Crippen molar-refractivity contribution in [2.45, 2.75) is 57.5 Å². The van der Waals surface area contributed by atoms with Crippen LogP contribution in [-0.4, -0.2) is 49.3 Å². The third-order valence-electron chi connectivity index (χ3n) is 5.15. The van der Waals surface area contributed by atoms with E-state index in [1.54, 1.807) is 7.11 Å². The summed E-state index contributed by atoms with van der Waals surface area (Å²) in [6.45, 7) is 11.5. The number of ether oxygens (including phenoxy) is 1. The summed E-state index contributed by atoms with van der Waals surface area (Å²) in [6, 6.07) is 0. The second-order valence-electron chi connectivity index (χ2n) is 6.67. The zero-order valence-electron chi connectivity index (χ0n) is 12.6. The normalized spacial score (nSPS) is 38.0. The number of nitrogens with one attached hydrogen (secondary N) is 1. The van der Waals surface area contributed by atoms with Gasteiger partial charge >= 0.3 is 0 Å². The first-order chi connectivity index (χ1) is 8.54. The molecular weight excluding hydrogens is 224 g/mol. The first-order valence-corrected chi connectivity index (χ1v) is 7.53. The average molecular weight is 254 g/mol. The number of nitrogens with zero attached hydrogens (tertiary/aromatic N) is 1. The van der Waals surface area contributed by atoms with Gasteiger partial charge in [0, 0.05) is 44.4 Å². The quantitative estimate of drug-likeness (QED) is 0.736. The Kier molecular flexibility index (Phi) is 4.35. The van der Waals surface area contributed by atoms with Gasteiger partial charge in [-0.3, -0.25) is 4.90 Å². The predicted molar refractivity (Wildman–Crippen MR) is 75.9 cm³/mol. The van der Waals surface area contributed by atoms with E-state index < -0.39 is 0 Å². The van der Waals surface area contributed by atoms with Gasteiger partial charge in [-0.2, -0.15) is 0 Å². The number of piperazine rings is 1. The van der Waals surface area contributed by atoms with Crippen LogP contribution in [0.5, 0.6) is 0 Å². The van der Waals surface area contributed by atoms with Gasteiger partial charge in [0.1, 0.15) is 0 Å². The molecule has 2 unspecified atom stereocenters. The van der Waals surface area contributed by atoms with Crippen LogP contribution >= 0.6 is 0 Å². The lowest BCUT2D eigenvalue weighted by Crippen LogP contribution is -2.69. The van der Waals surface area contributed by atoms with Gasteiger partial charge in [-0.25, -0.2) is 0 Å². The maximum atomic E-state index is 5.21. The molecule has 0 radical (unpaired) electrons. The number of hydrogen-bond acceptors (Lipinski definition) is 3. The summed E-state index contributed by atoms with van der Waals surface area (Å²) in [5.41, 5.74) is 0.671. The molecule has 106 valence electrons. The molecule has 2 fully saturated rings. The molecule has 2 aliphatic rings. The van der Waals surface area contributed by atoms with Crippen LogP contribution in [0, 0.1) is 5.92 Å². The number of hydrogen-bond donors (Lipinski definition) is 1. The molecule has 0 aromatic heterocycles. The van der Waals surface area contributed by atoms with Gasteiger partial charge in [0.25, 0.3) is 0 Å². The van der Waals surface area contributed by atoms with Crippen molar-refractivity contribution >= 4 is 0 Å². The monoisotopic (exact) mass is 254 g/mol. The highest BCUT2D eigenvalue weighted by Crippen LogP contribution is 2.45. The van der Waals surface area contributed by atoms with E-state index in [9.17, 15) is 0 Å². The molecule has 0 bridgehead atoms. The molecule has 3 nitrogen and oxygen atoms in total. The SMILES string of the molecule is CCC1(C)CN(CCCOC)C(C)(C2CC2)CN1. The second kappa shape index (κ2) is 5.48. The summed E-state index contributed by atoms with van der Waals surface area (Å²) >= 11 is 0. The molecule has 2 rings (SSSR count). The zero-order chi connectivity index (χ0) is 13.2. The van der Waals surface area contributed by atoms with Gasteiger partial charge in [0.15, 0.2) is 0 Å². The van der Waals surface area contributed by atoms with E-state index >= 15 is 0 Å². The zero-order valence-corrected chi connectivity index (χ0v) is 12.6. The van der Waals surface area contributed by atoms with E-state index in [1.807, 2.05) is 0 Å². The Labute approximate surface area is 112 Å². The number of rotatable bonds is 6. The maximum Gasteiger partial charge on any atom is 0.0474 e. The highest BCUT2D eigenvalue weighted by Gasteiger charge is 2.49. The van der Waals surface area contributed by atoms with Crippen molar-refractivity contribution < 1.29 is 4.74 Å². The van der Waals surface area contributed by atoms with E-state index in [2.05, 4.69) is 31.0 Å². The van der Waals surface area contributed by atoms with Gasteiger partial charge in [0.2, 0.25) is 0 Å². The van der Waals surface area contributed by atoms with Crippen LogP contribution in [0.3, 0.4) is 0 Å². The third kappa shape index (κ3) is 2.89. The third-order valence-corrected chi connectivity index (χ3v) is 5.15. The van der Waals surface area contributed by atoms with E-state index in [0.29, 0.717) is 11.1 Å². The van der Waals surface area contributed by atoms with Crippen molar-refractivity contribution in [1.82, 2.24) is 10.2 Å². The fraction of sp³-hybridized carbons (Fsp3) is 1.00. The molecule has 0 amide bonds. The molecule has 2 atom stereocenters. The first-order valence-electron chi connectivity index (χ1n) is 7.53. The molecule has 1 aliphatic carbocycles. The molecule has 1 N–H and O–H groups in total. The van der Waals surface area contributed by atoms with E-state index in [1.165, 1.54) is 32.4 Å². The highest BCUT2D eigenvalue weighted by atomic mass is 16.5. The van der Waals surface area contributed by atoms with Crippen molar-refractivity contribution in [3.8, 4) is 0 Å².